The van der Waals surface area contributed by atoms with Crippen molar-refractivity contribution in [3.8, 4) is 5.75 Å². The molecule has 0 saturated carbocycles. The molecule has 0 spiro atoms. The van der Waals surface area contributed by atoms with E-state index in [0.29, 0.717) is 18.3 Å². The highest BCUT2D eigenvalue weighted by atomic mass is 79.9. The van der Waals surface area contributed by atoms with Gasteiger partial charge in [0.25, 0.3) is 0 Å². The Hall–Kier alpha value is -0.570. The molecular formula is C11H14BrFO. The van der Waals surface area contributed by atoms with Gasteiger partial charge in [0, 0.05) is 4.47 Å². The number of hydrogen-bond donors (Lipinski definition) is 0. The third kappa shape index (κ3) is 3.66. The second-order valence-corrected chi connectivity index (χ2v) is 4.52. The van der Waals surface area contributed by atoms with Crippen LogP contribution in [0.3, 0.4) is 0 Å². The molecule has 1 nitrogen and oxygen atoms in total. The van der Waals surface area contributed by atoms with Gasteiger partial charge < -0.3 is 4.74 Å². The molecule has 0 aliphatic carbocycles. The van der Waals surface area contributed by atoms with Gasteiger partial charge in [-0.2, -0.15) is 0 Å². The summed E-state index contributed by atoms with van der Waals surface area (Å²) in [5, 5.41) is 0. The minimum atomic E-state index is -0.317. The highest BCUT2D eigenvalue weighted by molar-refractivity contribution is 9.10. The Morgan fingerprint density at radius 2 is 2.14 bits per heavy atom. The number of halogens is 2. The fourth-order valence-corrected chi connectivity index (χ4v) is 1.33. The van der Waals surface area contributed by atoms with Crippen molar-refractivity contribution in [2.75, 3.05) is 6.61 Å². The van der Waals surface area contributed by atoms with Crippen LogP contribution in [0, 0.1) is 11.7 Å². The van der Waals surface area contributed by atoms with Gasteiger partial charge in [-0.05, 0) is 30.5 Å². The van der Waals surface area contributed by atoms with Crippen LogP contribution in [-0.4, -0.2) is 6.61 Å². The summed E-state index contributed by atoms with van der Waals surface area (Å²) in [6.07, 6.45) is 0.940. The fraction of sp³-hybridized carbons (Fsp3) is 0.455. The van der Waals surface area contributed by atoms with Crippen molar-refractivity contribution in [1.82, 2.24) is 0 Å². The number of hydrogen-bond acceptors (Lipinski definition) is 1. The Morgan fingerprint density at radius 1 is 1.43 bits per heavy atom. The standard InChI is InChI=1S/C11H14BrFO/c1-8(2)5-6-14-11-4-3-9(12)7-10(11)13/h3-4,7-8H,5-6H2,1-2H3. The molecule has 0 saturated heterocycles. The summed E-state index contributed by atoms with van der Waals surface area (Å²) in [6, 6.07) is 4.82. The van der Waals surface area contributed by atoms with Crippen LogP contribution >= 0.6 is 15.9 Å². The number of benzene rings is 1. The molecule has 0 atom stereocenters. The Morgan fingerprint density at radius 3 is 2.71 bits per heavy atom. The van der Waals surface area contributed by atoms with Crippen molar-refractivity contribution in [3.05, 3.63) is 28.5 Å². The Labute approximate surface area is 92.4 Å². The van der Waals surface area contributed by atoms with E-state index in [-0.39, 0.29) is 5.82 Å². The Balaban J connectivity index is 2.51. The van der Waals surface area contributed by atoms with Gasteiger partial charge in [0.15, 0.2) is 11.6 Å². The van der Waals surface area contributed by atoms with Crippen molar-refractivity contribution in [2.24, 2.45) is 5.92 Å². The molecule has 0 bridgehead atoms. The Kier molecular flexibility index (Phi) is 4.39. The molecular weight excluding hydrogens is 247 g/mol. The topological polar surface area (TPSA) is 9.23 Å². The molecule has 0 aromatic heterocycles. The lowest BCUT2D eigenvalue weighted by Crippen LogP contribution is -2.02. The smallest absolute Gasteiger partial charge is 0.166 e. The van der Waals surface area contributed by atoms with Crippen molar-refractivity contribution in [1.29, 1.82) is 0 Å². The zero-order valence-corrected chi connectivity index (χ0v) is 9.97. The maximum atomic E-state index is 13.2. The second kappa shape index (κ2) is 5.35. The first-order chi connectivity index (χ1) is 6.59. The molecule has 0 heterocycles. The van der Waals surface area contributed by atoms with E-state index in [4.69, 9.17) is 4.74 Å². The van der Waals surface area contributed by atoms with Crippen LogP contribution in [0.5, 0.6) is 5.75 Å². The van der Waals surface area contributed by atoms with E-state index < -0.39 is 0 Å². The lowest BCUT2D eigenvalue weighted by Gasteiger charge is -2.08. The van der Waals surface area contributed by atoms with Crippen LogP contribution in [0.25, 0.3) is 0 Å². The highest BCUT2D eigenvalue weighted by Crippen LogP contribution is 2.21. The molecule has 0 amide bonds. The molecule has 0 radical (unpaired) electrons. The number of ether oxygens (including phenoxy) is 1. The lowest BCUT2D eigenvalue weighted by molar-refractivity contribution is 0.276. The first kappa shape index (κ1) is 11.5. The third-order valence-electron chi connectivity index (χ3n) is 1.85. The summed E-state index contributed by atoms with van der Waals surface area (Å²) in [5.41, 5.74) is 0. The van der Waals surface area contributed by atoms with Gasteiger partial charge in [-0.15, -0.1) is 0 Å². The molecule has 0 aliphatic heterocycles. The predicted octanol–water partition coefficient (Wildman–Crippen LogP) is 4.01. The molecule has 1 aromatic rings. The summed E-state index contributed by atoms with van der Waals surface area (Å²) < 4.78 is 19.3. The lowest BCUT2D eigenvalue weighted by atomic mass is 10.1. The Bertz CT molecular complexity index is 299. The van der Waals surface area contributed by atoms with Crippen LogP contribution in [-0.2, 0) is 0 Å². The monoisotopic (exact) mass is 260 g/mol. The molecule has 0 unspecified atom stereocenters. The largest absolute Gasteiger partial charge is 0.491 e. The number of rotatable bonds is 4. The third-order valence-corrected chi connectivity index (χ3v) is 2.34. The van der Waals surface area contributed by atoms with Gasteiger partial charge in [-0.3, -0.25) is 0 Å². The van der Waals surface area contributed by atoms with E-state index in [2.05, 4.69) is 29.8 Å². The first-order valence-electron chi connectivity index (χ1n) is 4.67. The highest BCUT2D eigenvalue weighted by Gasteiger charge is 2.03. The summed E-state index contributed by atoms with van der Waals surface area (Å²) in [5.74, 6) is 0.588. The molecule has 0 N–H and O–H groups in total. The average molecular weight is 261 g/mol. The summed E-state index contributed by atoms with van der Waals surface area (Å²) in [4.78, 5) is 0. The van der Waals surface area contributed by atoms with Gasteiger partial charge in [-0.25, -0.2) is 4.39 Å². The quantitative estimate of drug-likeness (QED) is 0.795. The van der Waals surface area contributed by atoms with Gasteiger partial charge in [0.05, 0.1) is 6.61 Å². The summed E-state index contributed by atoms with van der Waals surface area (Å²) >= 11 is 3.19. The van der Waals surface area contributed by atoms with E-state index in [1.54, 1.807) is 12.1 Å². The van der Waals surface area contributed by atoms with Gasteiger partial charge in [-0.1, -0.05) is 29.8 Å². The van der Waals surface area contributed by atoms with E-state index in [1.165, 1.54) is 6.07 Å². The van der Waals surface area contributed by atoms with Gasteiger partial charge in [0.1, 0.15) is 0 Å². The van der Waals surface area contributed by atoms with Crippen LogP contribution in [0.15, 0.2) is 22.7 Å². The molecule has 0 fully saturated rings. The summed E-state index contributed by atoms with van der Waals surface area (Å²) in [6.45, 7) is 4.79. The first-order valence-corrected chi connectivity index (χ1v) is 5.46. The van der Waals surface area contributed by atoms with Crippen molar-refractivity contribution >= 4 is 15.9 Å². The van der Waals surface area contributed by atoms with E-state index in [9.17, 15) is 4.39 Å². The van der Waals surface area contributed by atoms with Crippen LogP contribution < -0.4 is 4.74 Å². The van der Waals surface area contributed by atoms with Crippen molar-refractivity contribution in [3.63, 3.8) is 0 Å². The molecule has 78 valence electrons. The van der Waals surface area contributed by atoms with Crippen LogP contribution in [0.1, 0.15) is 20.3 Å². The summed E-state index contributed by atoms with van der Waals surface area (Å²) in [7, 11) is 0. The van der Waals surface area contributed by atoms with E-state index in [0.717, 1.165) is 10.9 Å². The van der Waals surface area contributed by atoms with Crippen molar-refractivity contribution in [2.45, 2.75) is 20.3 Å². The normalized spacial score (nSPS) is 10.6. The van der Waals surface area contributed by atoms with Gasteiger partial charge in [0.2, 0.25) is 0 Å². The van der Waals surface area contributed by atoms with Crippen LogP contribution in [0.2, 0.25) is 0 Å². The minimum Gasteiger partial charge on any atom is -0.491 e. The molecule has 1 rings (SSSR count). The fourth-order valence-electron chi connectivity index (χ4n) is 0.997. The maximum Gasteiger partial charge on any atom is 0.166 e. The SMILES string of the molecule is CC(C)CCOc1ccc(Br)cc1F. The van der Waals surface area contributed by atoms with Crippen molar-refractivity contribution < 1.29 is 9.13 Å². The maximum absolute atomic E-state index is 13.2. The van der Waals surface area contributed by atoms with Crippen LogP contribution in [0.4, 0.5) is 4.39 Å². The predicted molar refractivity (Wildman–Crippen MR) is 59.1 cm³/mol. The molecule has 1 aromatic carbocycles. The zero-order chi connectivity index (χ0) is 10.6. The zero-order valence-electron chi connectivity index (χ0n) is 8.39. The van der Waals surface area contributed by atoms with E-state index >= 15 is 0 Å². The van der Waals surface area contributed by atoms with Gasteiger partial charge >= 0.3 is 0 Å². The molecule has 14 heavy (non-hydrogen) atoms. The second-order valence-electron chi connectivity index (χ2n) is 3.61. The molecule has 0 aliphatic rings. The van der Waals surface area contributed by atoms with E-state index in [1.807, 2.05) is 0 Å². The minimum absolute atomic E-state index is 0.317. The average Bonchev–Trinajstić information content (AvgIpc) is 2.08. The molecule has 3 heteroatoms.